The Balaban J connectivity index is 1.68. The zero-order chi connectivity index (χ0) is 18.7. The van der Waals surface area contributed by atoms with Crippen LogP contribution in [-0.4, -0.2) is 32.2 Å². The van der Waals surface area contributed by atoms with Crippen molar-refractivity contribution in [3.63, 3.8) is 0 Å². The van der Waals surface area contributed by atoms with E-state index in [0.717, 1.165) is 21.3 Å². The van der Waals surface area contributed by atoms with Gasteiger partial charge in [-0.05, 0) is 88.6 Å². The molecule has 1 amide bonds. The summed E-state index contributed by atoms with van der Waals surface area (Å²) in [5.74, 6) is 0.399. The average molecular weight is 416 g/mol. The molecule has 0 aliphatic rings. The topological polar surface area (TPSA) is 81.9 Å². The third-order valence-corrected chi connectivity index (χ3v) is 4.44. The maximum Gasteiger partial charge on any atom is 0.265 e. The molecule has 1 heterocycles. The Kier molecular flexibility index (Phi) is 5.32. The zero-order valence-corrected chi connectivity index (χ0v) is 16.2. The molecule has 0 aliphatic carbocycles. The summed E-state index contributed by atoms with van der Waals surface area (Å²) in [7, 11) is 0. The number of rotatable bonds is 5. The third-order valence-electron chi connectivity index (χ3n) is 3.82. The van der Waals surface area contributed by atoms with E-state index in [2.05, 4.69) is 36.8 Å². The van der Waals surface area contributed by atoms with E-state index in [1.807, 2.05) is 44.2 Å². The minimum Gasteiger partial charge on any atom is -0.480 e. The Morgan fingerprint density at radius 1 is 1.23 bits per heavy atom. The van der Waals surface area contributed by atoms with Crippen molar-refractivity contribution in [3.8, 4) is 11.4 Å². The Morgan fingerprint density at radius 2 is 2.04 bits per heavy atom. The number of nitrogens with one attached hydrogen (secondary N) is 1. The van der Waals surface area contributed by atoms with Crippen molar-refractivity contribution in [2.24, 2.45) is 0 Å². The van der Waals surface area contributed by atoms with E-state index in [1.54, 1.807) is 17.7 Å². The number of hydrogen-bond acceptors (Lipinski definition) is 5. The van der Waals surface area contributed by atoms with Crippen LogP contribution in [0.1, 0.15) is 18.1 Å². The van der Waals surface area contributed by atoms with Crippen LogP contribution in [0.25, 0.3) is 5.69 Å². The highest BCUT2D eigenvalue weighted by Gasteiger charge is 2.17. The molecular formula is C18H18BrN5O2. The average Bonchev–Trinajstić information content (AvgIpc) is 3.11. The van der Waals surface area contributed by atoms with E-state index in [4.69, 9.17) is 4.74 Å². The standard InChI is InChI=1S/C18H18BrN5O2/c1-11-4-7-17(15(19)8-11)26-13(3)18(25)21-14-5-6-16(12(2)9-14)24-10-20-22-23-24/h4-10,13H,1-3H3,(H,21,25). The first-order valence-electron chi connectivity index (χ1n) is 8.02. The summed E-state index contributed by atoms with van der Waals surface area (Å²) in [5.41, 5.74) is 3.58. The number of aryl methyl sites for hydroxylation is 2. The first-order chi connectivity index (χ1) is 12.4. The van der Waals surface area contributed by atoms with Crippen LogP contribution in [-0.2, 0) is 4.79 Å². The van der Waals surface area contributed by atoms with Crippen molar-refractivity contribution in [3.05, 3.63) is 58.3 Å². The molecule has 0 radical (unpaired) electrons. The van der Waals surface area contributed by atoms with Crippen molar-refractivity contribution >= 4 is 27.5 Å². The fraction of sp³-hybridized carbons (Fsp3) is 0.222. The molecule has 1 aromatic heterocycles. The van der Waals surface area contributed by atoms with Crippen molar-refractivity contribution in [1.82, 2.24) is 20.2 Å². The second-order valence-electron chi connectivity index (χ2n) is 5.94. The minimum atomic E-state index is -0.645. The molecule has 0 bridgehead atoms. The number of benzene rings is 2. The van der Waals surface area contributed by atoms with Gasteiger partial charge in [0, 0.05) is 5.69 Å². The van der Waals surface area contributed by atoms with Gasteiger partial charge in [0.1, 0.15) is 12.1 Å². The zero-order valence-electron chi connectivity index (χ0n) is 14.6. The molecule has 1 atom stereocenters. The number of halogens is 1. The predicted molar refractivity (Wildman–Crippen MR) is 101 cm³/mol. The monoisotopic (exact) mass is 415 g/mol. The Labute approximate surface area is 159 Å². The van der Waals surface area contributed by atoms with E-state index in [1.165, 1.54) is 6.33 Å². The van der Waals surface area contributed by atoms with Gasteiger partial charge in [-0.25, -0.2) is 4.68 Å². The highest BCUT2D eigenvalue weighted by molar-refractivity contribution is 9.10. The fourth-order valence-electron chi connectivity index (χ4n) is 2.45. The quantitative estimate of drug-likeness (QED) is 0.689. The number of carbonyl (C=O) groups excluding carboxylic acids is 1. The van der Waals surface area contributed by atoms with Crippen molar-refractivity contribution in [2.45, 2.75) is 26.9 Å². The lowest BCUT2D eigenvalue weighted by Crippen LogP contribution is -2.30. The Morgan fingerprint density at radius 3 is 2.69 bits per heavy atom. The lowest BCUT2D eigenvalue weighted by molar-refractivity contribution is -0.122. The second kappa shape index (κ2) is 7.65. The molecule has 134 valence electrons. The largest absolute Gasteiger partial charge is 0.480 e. The summed E-state index contributed by atoms with van der Waals surface area (Å²) in [6.07, 6.45) is 0.879. The summed E-state index contributed by atoms with van der Waals surface area (Å²) in [6.45, 7) is 5.63. The van der Waals surface area contributed by atoms with Crippen LogP contribution in [0.15, 0.2) is 47.2 Å². The molecule has 0 fully saturated rings. The summed E-state index contributed by atoms with van der Waals surface area (Å²) in [5, 5.41) is 14.0. The predicted octanol–water partition coefficient (Wildman–Crippen LogP) is 3.45. The normalized spacial score (nSPS) is 11.8. The number of carbonyl (C=O) groups is 1. The highest BCUT2D eigenvalue weighted by atomic mass is 79.9. The van der Waals surface area contributed by atoms with Gasteiger partial charge in [-0.3, -0.25) is 4.79 Å². The number of nitrogens with zero attached hydrogens (tertiary/aromatic N) is 4. The molecule has 3 aromatic rings. The first kappa shape index (κ1) is 18.1. The van der Waals surface area contributed by atoms with E-state index >= 15 is 0 Å². The summed E-state index contributed by atoms with van der Waals surface area (Å²) in [4.78, 5) is 12.4. The lowest BCUT2D eigenvalue weighted by atomic mass is 10.1. The van der Waals surface area contributed by atoms with Gasteiger partial charge in [0.05, 0.1) is 10.2 Å². The molecule has 26 heavy (non-hydrogen) atoms. The minimum absolute atomic E-state index is 0.230. The van der Waals surface area contributed by atoms with E-state index in [-0.39, 0.29) is 5.91 Å². The fourth-order valence-corrected chi connectivity index (χ4v) is 3.04. The van der Waals surface area contributed by atoms with Crippen LogP contribution in [0.3, 0.4) is 0 Å². The van der Waals surface area contributed by atoms with Crippen LogP contribution in [0, 0.1) is 13.8 Å². The van der Waals surface area contributed by atoms with Crippen molar-refractivity contribution in [2.75, 3.05) is 5.32 Å². The van der Waals surface area contributed by atoms with Crippen LogP contribution in [0.2, 0.25) is 0 Å². The van der Waals surface area contributed by atoms with E-state index in [0.29, 0.717) is 11.4 Å². The molecule has 0 aliphatic heterocycles. The van der Waals surface area contributed by atoms with Crippen LogP contribution in [0.5, 0.6) is 5.75 Å². The Hall–Kier alpha value is -2.74. The molecule has 0 saturated carbocycles. The molecular weight excluding hydrogens is 398 g/mol. The molecule has 8 heteroatoms. The van der Waals surface area contributed by atoms with Gasteiger partial charge in [-0.1, -0.05) is 6.07 Å². The smallest absolute Gasteiger partial charge is 0.265 e. The molecule has 0 spiro atoms. The highest BCUT2D eigenvalue weighted by Crippen LogP contribution is 2.27. The summed E-state index contributed by atoms with van der Waals surface area (Å²) >= 11 is 3.45. The molecule has 1 unspecified atom stereocenters. The van der Waals surface area contributed by atoms with Crippen LogP contribution < -0.4 is 10.1 Å². The van der Waals surface area contributed by atoms with Gasteiger partial charge in [-0.15, -0.1) is 5.10 Å². The van der Waals surface area contributed by atoms with Gasteiger partial charge < -0.3 is 10.1 Å². The number of amides is 1. The number of tetrazole rings is 1. The molecule has 1 N–H and O–H groups in total. The Bertz CT molecular complexity index is 927. The van der Waals surface area contributed by atoms with Crippen molar-refractivity contribution < 1.29 is 9.53 Å². The molecule has 7 nitrogen and oxygen atoms in total. The first-order valence-corrected chi connectivity index (χ1v) is 8.81. The lowest BCUT2D eigenvalue weighted by Gasteiger charge is -2.16. The number of aromatic nitrogens is 4. The van der Waals surface area contributed by atoms with Gasteiger partial charge in [0.25, 0.3) is 5.91 Å². The van der Waals surface area contributed by atoms with Crippen molar-refractivity contribution in [1.29, 1.82) is 0 Å². The summed E-state index contributed by atoms with van der Waals surface area (Å²) < 4.78 is 8.15. The second-order valence-corrected chi connectivity index (χ2v) is 6.79. The van der Waals surface area contributed by atoms with E-state index in [9.17, 15) is 4.79 Å². The molecule has 2 aromatic carbocycles. The number of hydrogen-bond donors (Lipinski definition) is 1. The van der Waals surface area contributed by atoms with Gasteiger partial charge >= 0.3 is 0 Å². The van der Waals surface area contributed by atoms with Gasteiger partial charge in [0.2, 0.25) is 0 Å². The van der Waals surface area contributed by atoms with Gasteiger partial charge in [-0.2, -0.15) is 0 Å². The maximum atomic E-state index is 12.4. The number of ether oxygens (including phenoxy) is 1. The summed E-state index contributed by atoms with van der Waals surface area (Å²) in [6, 6.07) is 11.2. The maximum absolute atomic E-state index is 12.4. The van der Waals surface area contributed by atoms with Crippen LogP contribution >= 0.6 is 15.9 Å². The SMILES string of the molecule is Cc1ccc(OC(C)C(=O)Nc2ccc(-n3cnnn3)c(C)c2)c(Br)c1. The third kappa shape index (κ3) is 4.08. The number of anilines is 1. The molecule has 3 rings (SSSR count). The molecule has 0 saturated heterocycles. The van der Waals surface area contributed by atoms with Gasteiger partial charge in [0.15, 0.2) is 6.10 Å². The van der Waals surface area contributed by atoms with Crippen LogP contribution in [0.4, 0.5) is 5.69 Å². The van der Waals surface area contributed by atoms with E-state index < -0.39 is 6.10 Å².